The number of amides is 1. The van der Waals surface area contributed by atoms with Crippen molar-refractivity contribution in [1.82, 2.24) is 4.90 Å². The second kappa shape index (κ2) is 7.67. The van der Waals surface area contributed by atoms with E-state index in [1.807, 2.05) is 18.7 Å². The van der Waals surface area contributed by atoms with E-state index in [0.29, 0.717) is 12.5 Å². The van der Waals surface area contributed by atoms with Gasteiger partial charge in [0.1, 0.15) is 0 Å². The molecule has 0 aromatic carbocycles. The summed E-state index contributed by atoms with van der Waals surface area (Å²) in [5, 5.41) is 0. The molecule has 1 amide bonds. The van der Waals surface area contributed by atoms with Crippen LogP contribution in [0.3, 0.4) is 0 Å². The summed E-state index contributed by atoms with van der Waals surface area (Å²) >= 11 is 0. The summed E-state index contributed by atoms with van der Waals surface area (Å²) in [6, 6.07) is 0. The Labute approximate surface area is 104 Å². The van der Waals surface area contributed by atoms with Gasteiger partial charge >= 0.3 is 0 Å². The molecule has 2 N–H and O–H groups in total. The molecule has 1 saturated heterocycles. The number of hydrogen-bond acceptors (Lipinski definition) is 3. The van der Waals surface area contributed by atoms with E-state index in [9.17, 15) is 4.79 Å². The van der Waals surface area contributed by atoms with Crippen LogP contribution in [-0.2, 0) is 9.53 Å². The third-order valence-corrected chi connectivity index (χ3v) is 3.58. The second-order valence-corrected chi connectivity index (χ2v) is 4.76. The average Bonchev–Trinajstić information content (AvgIpc) is 2.38. The molecule has 17 heavy (non-hydrogen) atoms. The molecule has 2 atom stereocenters. The summed E-state index contributed by atoms with van der Waals surface area (Å²) in [6.07, 6.45) is 3.16. The predicted molar refractivity (Wildman–Crippen MR) is 68.6 cm³/mol. The summed E-state index contributed by atoms with van der Waals surface area (Å²) in [5.74, 6) is 0.696. The van der Waals surface area contributed by atoms with Crippen LogP contribution in [0.4, 0.5) is 0 Å². The van der Waals surface area contributed by atoms with Gasteiger partial charge in [-0.05, 0) is 39.0 Å². The zero-order valence-corrected chi connectivity index (χ0v) is 11.2. The Kier molecular flexibility index (Phi) is 6.52. The molecular formula is C13H26N2O2. The normalized spacial score (nSPS) is 22.2. The van der Waals surface area contributed by atoms with Crippen molar-refractivity contribution in [3.8, 4) is 0 Å². The van der Waals surface area contributed by atoms with Gasteiger partial charge in [-0.25, -0.2) is 0 Å². The molecule has 4 nitrogen and oxygen atoms in total. The first-order chi connectivity index (χ1) is 8.22. The Morgan fingerprint density at radius 2 is 2.18 bits per heavy atom. The molecular weight excluding hydrogens is 216 g/mol. The van der Waals surface area contributed by atoms with E-state index in [-0.39, 0.29) is 11.8 Å². The fourth-order valence-corrected chi connectivity index (χ4v) is 2.49. The van der Waals surface area contributed by atoms with Crippen LogP contribution in [-0.4, -0.2) is 43.7 Å². The van der Waals surface area contributed by atoms with Gasteiger partial charge < -0.3 is 15.4 Å². The molecule has 4 heteroatoms. The zero-order valence-electron chi connectivity index (χ0n) is 11.2. The molecule has 2 unspecified atom stereocenters. The maximum absolute atomic E-state index is 12.2. The van der Waals surface area contributed by atoms with Crippen molar-refractivity contribution in [2.75, 3.05) is 32.8 Å². The van der Waals surface area contributed by atoms with Crippen LogP contribution in [0.5, 0.6) is 0 Å². The van der Waals surface area contributed by atoms with Gasteiger partial charge in [0.15, 0.2) is 0 Å². The van der Waals surface area contributed by atoms with E-state index in [1.54, 1.807) is 0 Å². The Balaban J connectivity index is 2.48. The second-order valence-electron chi connectivity index (χ2n) is 4.76. The van der Waals surface area contributed by atoms with E-state index in [0.717, 1.165) is 39.1 Å². The maximum Gasteiger partial charge on any atom is 0.226 e. The Morgan fingerprint density at radius 1 is 1.47 bits per heavy atom. The SMILES string of the molecule is CCN(CC)C(=O)C(CN)CC1CCCOC1. The molecule has 1 aliphatic rings. The van der Waals surface area contributed by atoms with Gasteiger partial charge in [-0.1, -0.05) is 0 Å². The minimum absolute atomic E-state index is 0.0263. The highest BCUT2D eigenvalue weighted by molar-refractivity contribution is 5.79. The lowest BCUT2D eigenvalue weighted by Crippen LogP contribution is -2.40. The largest absolute Gasteiger partial charge is 0.381 e. The first kappa shape index (κ1) is 14.5. The molecule has 0 aromatic heterocycles. The smallest absolute Gasteiger partial charge is 0.226 e. The molecule has 1 fully saturated rings. The van der Waals surface area contributed by atoms with Gasteiger partial charge in [0.25, 0.3) is 0 Å². The molecule has 0 saturated carbocycles. The molecule has 1 rings (SSSR count). The number of rotatable bonds is 6. The van der Waals surface area contributed by atoms with Gasteiger partial charge in [-0.2, -0.15) is 0 Å². The van der Waals surface area contributed by atoms with Gasteiger partial charge in [0.05, 0.1) is 5.92 Å². The molecule has 1 heterocycles. The minimum atomic E-state index is -0.0263. The first-order valence-corrected chi connectivity index (χ1v) is 6.79. The lowest BCUT2D eigenvalue weighted by atomic mass is 9.89. The third-order valence-electron chi connectivity index (χ3n) is 3.58. The number of nitrogens with zero attached hydrogens (tertiary/aromatic N) is 1. The standard InChI is InChI=1S/C13H26N2O2/c1-3-15(4-2)13(16)12(9-14)8-11-6-5-7-17-10-11/h11-12H,3-10,14H2,1-2H3. The molecule has 0 aliphatic carbocycles. The highest BCUT2D eigenvalue weighted by atomic mass is 16.5. The van der Waals surface area contributed by atoms with Crippen LogP contribution in [0.2, 0.25) is 0 Å². The van der Waals surface area contributed by atoms with E-state index >= 15 is 0 Å². The molecule has 1 aliphatic heterocycles. The Bertz CT molecular complexity index is 223. The van der Waals surface area contributed by atoms with Crippen LogP contribution in [0.15, 0.2) is 0 Å². The summed E-state index contributed by atoms with van der Waals surface area (Å²) < 4.78 is 5.45. The lowest BCUT2D eigenvalue weighted by molar-refractivity contribution is -0.135. The summed E-state index contributed by atoms with van der Waals surface area (Å²) in [5.41, 5.74) is 5.75. The van der Waals surface area contributed by atoms with Crippen LogP contribution < -0.4 is 5.73 Å². The lowest BCUT2D eigenvalue weighted by Gasteiger charge is -2.29. The van der Waals surface area contributed by atoms with E-state index in [1.165, 1.54) is 6.42 Å². The van der Waals surface area contributed by atoms with E-state index in [2.05, 4.69) is 0 Å². The molecule has 0 bridgehead atoms. The van der Waals surface area contributed by atoms with E-state index < -0.39 is 0 Å². The minimum Gasteiger partial charge on any atom is -0.381 e. The van der Waals surface area contributed by atoms with E-state index in [4.69, 9.17) is 10.5 Å². The van der Waals surface area contributed by atoms with Crippen LogP contribution >= 0.6 is 0 Å². The average molecular weight is 242 g/mol. The number of carbonyl (C=O) groups is 1. The monoisotopic (exact) mass is 242 g/mol. The predicted octanol–water partition coefficient (Wildman–Crippen LogP) is 1.25. The zero-order chi connectivity index (χ0) is 12.7. The molecule has 0 aromatic rings. The highest BCUT2D eigenvalue weighted by Crippen LogP contribution is 2.22. The molecule has 100 valence electrons. The third kappa shape index (κ3) is 4.28. The number of ether oxygens (including phenoxy) is 1. The van der Waals surface area contributed by atoms with Crippen molar-refractivity contribution in [2.45, 2.75) is 33.1 Å². The summed E-state index contributed by atoms with van der Waals surface area (Å²) in [6.45, 7) is 7.68. The number of carbonyl (C=O) groups excluding carboxylic acids is 1. The summed E-state index contributed by atoms with van der Waals surface area (Å²) in [7, 11) is 0. The van der Waals surface area contributed by atoms with Crippen molar-refractivity contribution in [3.63, 3.8) is 0 Å². The Hall–Kier alpha value is -0.610. The van der Waals surface area contributed by atoms with Crippen molar-refractivity contribution >= 4 is 5.91 Å². The van der Waals surface area contributed by atoms with Crippen molar-refractivity contribution in [2.24, 2.45) is 17.6 Å². The fourth-order valence-electron chi connectivity index (χ4n) is 2.49. The highest BCUT2D eigenvalue weighted by Gasteiger charge is 2.26. The molecule has 0 radical (unpaired) electrons. The summed E-state index contributed by atoms with van der Waals surface area (Å²) in [4.78, 5) is 14.1. The number of nitrogens with two attached hydrogens (primary N) is 1. The fraction of sp³-hybridized carbons (Fsp3) is 0.923. The van der Waals surface area contributed by atoms with Crippen LogP contribution in [0.1, 0.15) is 33.1 Å². The van der Waals surface area contributed by atoms with Crippen LogP contribution in [0, 0.1) is 11.8 Å². The first-order valence-electron chi connectivity index (χ1n) is 6.79. The number of hydrogen-bond donors (Lipinski definition) is 1. The van der Waals surface area contributed by atoms with Crippen molar-refractivity contribution in [3.05, 3.63) is 0 Å². The van der Waals surface area contributed by atoms with Gasteiger partial charge in [0, 0.05) is 32.8 Å². The maximum atomic E-state index is 12.2. The van der Waals surface area contributed by atoms with Gasteiger partial charge in [-0.15, -0.1) is 0 Å². The van der Waals surface area contributed by atoms with Crippen molar-refractivity contribution in [1.29, 1.82) is 0 Å². The molecule has 0 spiro atoms. The Morgan fingerprint density at radius 3 is 2.65 bits per heavy atom. The van der Waals surface area contributed by atoms with Crippen LogP contribution in [0.25, 0.3) is 0 Å². The topological polar surface area (TPSA) is 55.6 Å². The van der Waals surface area contributed by atoms with Gasteiger partial charge in [0.2, 0.25) is 5.91 Å². The quantitative estimate of drug-likeness (QED) is 0.762. The van der Waals surface area contributed by atoms with Crippen molar-refractivity contribution < 1.29 is 9.53 Å². The van der Waals surface area contributed by atoms with Gasteiger partial charge in [-0.3, -0.25) is 4.79 Å².